The van der Waals surface area contributed by atoms with Gasteiger partial charge in [-0.1, -0.05) is 19.1 Å². The van der Waals surface area contributed by atoms with E-state index in [-0.39, 0.29) is 35.7 Å². The van der Waals surface area contributed by atoms with E-state index in [2.05, 4.69) is 0 Å². The molecule has 0 saturated heterocycles. The van der Waals surface area contributed by atoms with Gasteiger partial charge in [-0.3, -0.25) is 4.79 Å². The van der Waals surface area contributed by atoms with E-state index in [4.69, 9.17) is 0 Å². The molecular weight excluding hydrogens is 293 g/mol. The Morgan fingerprint density at radius 1 is 1.29 bits per heavy atom. The molecular formula is C15H22FNO3S. The molecule has 0 unspecified atom stereocenters. The number of hydrogen-bond acceptors (Lipinski definition) is 3. The number of carbonyl (C=O) groups excluding carboxylic acids is 1. The van der Waals surface area contributed by atoms with Crippen LogP contribution in [0.3, 0.4) is 0 Å². The first-order valence-electron chi connectivity index (χ1n) is 6.95. The molecule has 21 heavy (non-hydrogen) atoms. The lowest BCUT2D eigenvalue weighted by atomic mass is 10.1. The second-order valence-corrected chi connectivity index (χ2v) is 7.58. The molecule has 1 amide bonds. The average molecular weight is 315 g/mol. The van der Waals surface area contributed by atoms with E-state index in [0.29, 0.717) is 6.42 Å². The number of benzene rings is 1. The summed E-state index contributed by atoms with van der Waals surface area (Å²) in [5, 5.41) is 0. The average Bonchev–Trinajstić information content (AvgIpc) is 2.45. The summed E-state index contributed by atoms with van der Waals surface area (Å²) in [5.41, 5.74) is 0.881. The second kappa shape index (κ2) is 7.54. The van der Waals surface area contributed by atoms with E-state index in [9.17, 15) is 17.6 Å². The molecule has 1 aromatic rings. The summed E-state index contributed by atoms with van der Waals surface area (Å²) < 4.78 is 35.9. The molecule has 1 atom stereocenters. The summed E-state index contributed by atoms with van der Waals surface area (Å²) in [6.07, 6.45) is 0.787. The lowest BCUT2D eigenvalue weighted by molar-refractivity contribution is -0.131. The SMILES string of the molecule is CCS(=O)(=O)C[C@@H](C)N(C)C(=O)CCc1ccc(F)cc1. The fourth-order valence-electron chi connectivity index (χ4n) is 1.92. The molecule has 0 aliphatic carbocycles. The quantitative estimate of drug-likeness (QED) is 0.774. The number of sulfone groups is 1. The molecule has 118 valence electrons. The minimum absolute atomic E-state index is 0.0255. The van der Waals surface area contributed by atoms with E-state index in [1.165, 1.54) is 17.0 Å². The predicted molar refractivity (Wildman–Crippen MR) is 81.3 cm³/mol. The van der Waals surface area contributed by atoms with Crippen molar-refractivity contribution in [1.29, 1.82) is 0 Å². The second-order valence-electron chi connectivity index (χ2n) is 5.18. The van der Waals surface area contributed by atoms with E-state index in [0.717, 1.165) is 5.56 Å². The minimum atomic E-state index is -3.10. The van der Waals surface area contributed by atoms with Crippen molar-refractivity contribution in [2.45, 2.75) is 32.7 Å². The number of hydrogen-bond donors (Lipinski definition) is 0. The van der Waals surface area contributed by atoms with Crippen LogP contribution in [0.4, 0.5) is 4.39 Å². The maximum atomic E-state index is 12.8. The first kappa shape index (κ1) is 17.6. The van der Waals surface area contributed by atoms with Crippen molar-refractivity contribution in [1.82, 2.24) is 4.90 Å². The van der Waals surface area contributed by atoms with Crippen molar-refractivity contribution in [3.8, 4) is 0 Å². The normalized spacial score (nSPS) is 13.0. The number of halogens is 1. The van der Waals surface area contributed by atoms with Crippen LogP contribution in [0.25, 0.3) is 0 Å². The molecule has 1 aromatic carbocycles. The van der Waals surface area contributed by atoms with Gasteiger partial charge in [-0.2, -0.15) is 0 Å². The topological polar surface area (TPSA) is 54.5 Å². The monoisotopic (exact) mass is 315 g/mol. The Morgan fingerprint density at radius 2 is 1.86 bits per heavy atom. The molecule has 0 aliphatic heterocycles. The fraction of sp³-hybridized carbons (Fsp3) is 0.533. The van der Waals surface area contributed by atoms with Crippen LogP contribution < -0.4 is 0 Å². The van der Waals surface area contributed by atoms with Crippen molar-refractivity contribution in [2.75, 3.05) is 18.6 Å². The van der Waals surface area contributed by atoms with Gasteiger partial charge in [0.05, 0.1) is 5.75 Å². The largest absolute Gasteiger partial charge is 0.342 e. The molecule has 0 aromatic heterocycles. The maximum absolute atomic E-state index is 12.8. The van der Waals surface area contributed by atoms with E-state index < -0.39 is 9.84 Å². The van der Waals surface area contributed by atoms with Crippen LogP contribution in [0, 0.1) is 5.82 Å². The summed E-state index contributed by atoms with van der Waals surface area (Å²) in [6.45, 7) is 3.32. The van der Waals surface area contributed by atoms with Crippen LogP contribution in [0.5, 0.6) is 0 Å². The van der Waals surface area contributed by atoms with Crippen molar-refractivity contribution in [2.24, 2.45) is 0 Å². The Kier molecular flexibility index (Phi) is 6.33. The highest BCUT2D eigenvalue weighted by atomic mass is 32.2. The van der Waals surface area contributed by atoms with Gasteiger partial charge in [0, 0.05) is 25.3 Å². The van der Waals surface area contributed by atoms with E-state index >= 15 is 0 Å². The van der Waals surface area contributed by atoms with Crippen molar-refractivity contribution < 1.29 is 17.6 Å². The van der Waals surface area contributed by atoms with Gasteiger partial charge in [0.25, 0.3) is 0 Å². The number of amides is 1. The molecule has 6 heteroatoms. The smallest absolute Gasteiger partial charge is 0.222 e. The van der Waals surface area contributed by atoms with Crippen molar-refractivity contribution >= 4 is 15.7 Å². The van der Waals surface area contributed by atoms with Crippen LogP contribution in [0.2, 0.25) is 0 Å². The summed E-state index contributed by atoms with van der Waals surface area (Å²) in [4.78, 5) is 13.5. The lowest BCUT2D eigenvalue weighted by Gasteiger charge is -2.24. The fourth-order valence-corrected chi connectivity index (χ4v) is 3.12. The maximum Gasteiger partial charge on any atom is 0.222 e. The van der Waals surface area contributed by atoms with Crippen LogP contribution in [0.1, 0.15) is 25.8 Å². The zero-order valence-electron chi connectivity index (χ0n) is 12.7. The molecule has 0 N–H and O–H groups in total. The van der Waals surface area contributed by atoms with Crippen LogP contribution in [-0.4, -0.2) is 43.8 Å². The summed E-state index contributed by atoms with van der Waals surface area (Å²) in [7, 11) is -1.49. The van der Waals surface area contributed by atoms with E-state index in [1.807, 2.05) is 0 Å². The molecule has 0 saturated carbocycles. The van der Waals surface area contributed by atoms with Gasteiger partial charge in [0.15, 0.2) is 9.84 Å². The predicted octanol–water partition coefficient (Wildman–Crippen LogP) is 2.04. The summed E-state index contributed by atoms with van der Waals surface area (Å²) >= 11 is 0. The lowest BCUT2D eigenvalue weighted by Crippen LogP contribution is -2.39. The van der Waals surface area contributed by atoms with Crippen LogP contribution in [-0.2, 0) is 21.1 Å². The van der Waals surface area contributed by atoms with Gasteiger partial charge in [0.1, 0.15) is 5.82 Å². The highest BCUT2D eigenvalue weighted by Crippen LogP contribution is 2.09. The standard InChI is InChI=1S/C15H22FNO3S/c1-4-21(19,20)11-12(2)17(3)15(18)10-7-13-5-8-14(16)9-6-13/h5-6,8-9,12H,4,7,10-11H2,1-3H3/t12-/m1/s1. The highest BCUT2D eigenvalue weighted by Gasteiger charge is 2.20. The molecule has 4 nitrogen and oxygen atoms in total. The highest BCUT2D eigenvalue weighted by molar-refractivity contribution is 7.91. The Labute approximate surface area is 125 Å². The third-order valence-electron chi connectivity index (χ3n) is 3.53. The summed E-state index contributed by atoms with van der Waals surface area (Å²) in [6, 6.07) is 5.66. The van der Waals surface area contributed by atoms with Gasteiger partial charge in [-0.15, -0.1) is 0 Å². The molecule has 0 heterocycles. The van der Waals surface area contributed by atoms with Crippen molar-refractivity contribution in [3.63, 3.8) is 0 Å². The Hall–Kier alpha value is -1.43. The first-order valence-corrected chi connectivity index (χ1v) is 8.78. The first-order chi connectivity index (χ1) is 9.75. The Morgan fingerprint density at radius 3 is 2.38 bits per heavy atom. The van der Waals surface area contributed by atoms with Gasteiger partial charge in [-0.05, 0) is 31.0 Å². The molecule has 0 bridgehead atoms. The molecule has 0 radical (unpaired) electrons. The Balaban J connectivity index is 2.52. The summed E-state index contributed by atoms with van der Waals surface area (Å²) in [5.74, 6) is -0.365. The van der Waals surface area contributed by atoms with Crippen LogP contribution >= 0.6 is 0 Å². The third-order valence-corrected chi connectivity index (χ3v) is 5.40. The number of rotatable bonds is 7. The van der Waals surface area contributed by atoms with Gasteiger partial charge in [0.2, 0.25) is 5.91 Å². The number of carbonyl (C=O) groups is 1. The minimum Gasteiger partial charge on any atom is -0.342 e. The van der Waals surface area contributed by atoms with Crippen LogP contribution in [0.15, 0.2) is 24.3 Å². The molecule has 0 aliphatic rings. The zero-order valence-corrected chi connectivity index (χ0v) is 13.5. The van der Waals surface area contributed by atoms with E-state index in [1.54, 1.807) is 33.0 Å². The van der Waals surface area contributed by atoms with Crippen molar-refractivity contribution in [3.05, 3.63) is 35.6 Å². The number of nitrogens with zero attached hydrogens (tertiary/aromatic N) is 1. The number of aryl methyl sites for hydroxylation is 1. The molecule has 0 spiro atoms. The van der Waals surface area contributed by atoms with Gasteiger partial charge < -0.3 is 4.90 Å². The van der Waals surface area contributed by atoms with Gasteiger partial charge >= 0.3 is 0 Å². The third kappa shape index (κ3) is 5.83. The zero-order chi connectivity index (χ0) is 16.0. The van der Waals surface area contributed by atoms with Gasteiger partial charge in [-0.25, -0.2) is 12.8 Å². The Bertz CT molecular complexity index is 569. The molecule has 1 rings (SSSR count). The molecule has 0 fully saturated rings.